The lowest BCUT2D eigenvalue weighted by Gasteiger charge is -2.40. The maximum Gasteiger partial charge on any atom is 0.255 e. The molecule has 1 saturated heterocycles. The van der Waals surface area contributed by atoms with Crippen LogP contribution in [0.5, 0.6) is 0 Å². The molecule has 1 atom stereocenters. The summed E-state index contributed by atoms with van der Waals surface area (Å²) in [6.07, 6.45) is 1.83. The summed E-state index contributed by atoms with van der Waals surface area (Å²) in [7, 11) is 0. The number of para-hydroxylation sites is 1. The second kappa shape index (κ2) is 13.6. The van der Waals surface area contributed by atoms with E-state index in [1.165, 1.54) is 5.56 Å². The number of benzene rings is 3. The van der Waals surface area contributed by atoms with Crippen LogP contribution < -0.4 is 0 Å². The van der Waals surface area contributed by atoms with Crippen LogP contribution in [0.2, 0.25) is 10.0 Å². The molecular weight excluding hydrogens is 577 g/mol. The summed E-state index contributed by atoms with van der Waals surface area (Å²) < 4.78 is 2.10. The number of hydrogen-bond acceptors (Lipinski definition) is 5. The largest absolute Gasteiger partial charge is 0.339 e. The maximum absolute atomic E-state index is 13.1. The Bertz CT molecular complexity index is 1500. The van der Waals surface area contributed by atoms with E-state index in [0.29, 0.717) is 54.5 Å². The highest BCUT2D eigenvalue weighted by Crippen LogP contribution is 2.26. The van der Waals surface area contributed by atoms with Crippen molar-refractivity contribution in [2.45, 2.75) is 37.4 Å². The van der Waals surface area contributed by atoms with E-state index in [-0.39, 0.29) is 17.9 Å². The van der Waals surface area contributed by atoms with E-state index in [1.54, 1.807) is 34.9 Å². The molecule has 0 radical (unpaired) electrons. The number of hydrogen-bond donors (Lipinski definition) is 0. The van der Waals surface area contributed by atoms with Crippen molar-refractivity contribution in [3.05, 3.63) is 106 Å². The second-order valence-electron chi connectivity index (χ2n) is 10.00. The minimum atomic E-state index is -0.142. The minimum Gasteiger partial charge on any atom is -0.339 e. The molecule has 0 bridgehead atoms. The molecule has 7 nitrogen and oxygen atoms in total. The fourth-order valence-corrected chi connectivity index (χ4v) is 6.37. The quantitative estimate of drug-likeness (QED) is 0.162. The Hall–Kier alpha value is -3.33. The summed E-state index contributed by atoms with van der Waals surface area (Å²) in [6, 6.07) is 25.1. The van der Waals surface area contributed by atoms with Crippen LogP contribution in [-0.2, 0) is 11.2 Å². The van der Waals surface area contributed by atoms with Gasteiger partial charge >= 0.3 is 0 Å². The molecule has 1 aliphatic heterocycles. The van der Waals surface area contributed by atoms with Crippen LogP contribution in [0.15, 0.2) is 84.0 Å². The van der Waals surface area contributed by atoms with Crippen molar-refractivity contribution in [1.82, 2.24) is 24.6 Å². The van der Waals surface area contributed by atoms with E-state index in [1.807, 2.05) is 48.2 Å². The third-order valence-corrected chi connectivity index (χ3v) is 8.65. The van der Waals surface area contributed by atoms with Gasteiger partial charge in [0, 0.05) is 55.0 Å². The molecule has 5 rings (SSSR count). The van der Waals surface area contributed by atoms with Gasteiger partial charge in [0.25, 0.3) is 5.91 Å². The van der Waals surface area contributed by atoms with Crippen LogP contribution in [0, 0.1) is 0 Å². The lowest BCUT2D eigenvalue weighted by Crippen LogP contribution is -2.55. The van der Waals surface area contributed by atoms with Crippen molar-refractivity contribution < 1.29 is 9.59 Å². The molecule has 2 amide bonds. The van der Waals surface area contributed by atoms with Crippen LogP contribution in [-0.4, -0.2) is 67.8 Å². The Morgan fingerprint density at radius 2 is 1.68 bits per heavy atom. The van der Waals surface area contributed by atoms with E-state index in [0.717, 1.165) is 22.4 Å². The van der Waals surface area contributed by atoms with Crippen LogP contribution in [0.4, 0.5) is 0 Å². The topological polar surface area (TPSA) is 71.3 Å². The van der Waals surface area contributed by atoms with Crippen molar-refractivity contribution in [2.75, 3.05) is 25.4 Å². The van der Waals surface area contributed by atoms with Crippen molar-refractivity contribution in [1.29, 1.82) is 0 Å². The first-order chi connectivity index (χ1) is 19.9. The molecule has 1 aliphatic rings. The zero-order chi connectivity index (χ0) is 28.8. The fraction of sp³-hybridized carbons (Fsp3) is 0.290. The van der Waals surface area contributed by atoms with E-state index in [2.05, 4.69) is 39.0 Å². The van der Waals surface area contributed by atoms with Crippen molar-refractivity contribution in [3.63, 3.8) is 0 Å². The summed E-state index contributed by atoms with van der Waals surface area (Å²) in [5.41, 5.74) is 2.62. The van der Waals surface area contributed by atoms with Gasteiger partial charge in [-0.15, -0.1) is 10.2 Å². The Kier molecular flexibility index (Phi) is 9.64. The molecule has 10 heteroatoms. The van der Waals surface area contributed by atoms with Gasteiger partial charge in [-0.2, -0.15) is 0 Å². The first kappa shape index (κ1) is 29.2. The van der Waals surface area contributed by atoms with E-state index in [4.69, 9.17) is 23.2 Å². The number of amides is 2. The van der Waals surface area contributed by atoms with Crippen LogP contribution in [0.3, 0.4) is 0 Å². The molecule has 1 aromatic heterocycles. The summed E-state index contributed by atoms with van der Waals surface area (Å²) >= 11 is 13.9. The van der Waals surface area contributed by atoms with Crippen molar-refractivity contribution >= 4 is 46.8 Å². The molecule has 41 heavy (non-hydrogen) atoms. The van der Waals surface area contributed by atoms with Gasteiger partial charge in [0.2, 0.25) is 5.91 Å². The number of thioether (sulfide) groups is 1. The Balaban J connectivity index is 1.15. The number of rotatable bonds is 9. The SMILES string of the molecule is CC1CN(C(=O)CCCSc2nnc(Cc3ccccc3)n2-c2ccccc2)CCN1C(=O)c1ccc(Cl)cc1Cl. The predicted molar refractivity (Wildman–Crippen MR) is 164 cm³/mol. The number of halogens is 2. The van der Waals surface area contributed by atoms with Crippen LogP contribution in [0.25, 0.3) is 5.69 Å². The monoisotopic (exact) mass is 607 g/mol. The first-order valence-corrected chi connectivity index (χ1v) is 15.3. The Morgan fingerprint density at radius 1 is 0.951 bits per heavy atom. The van der Waals surface area contributed by atoms with Gasteiger partial charge in [0.15, 0.2) is 5.16 Å². The van der Waals surface area contributed by atoms with E-state index >= 15 is 0 Å². The van der Waals surface area contributed by atoms with E-state index in [9.17, 15) is 9.59 Å². The summed E-state index contributed by atoms with van der Waals surface area (Å²) in [4.78, 5) is 29.7. The molecule has 0 saturated carbocycles. The highest BCUT2D eigenvalue weighted by Gasteiger charge is 2.31. The van der Waals surface area contributed by atoms with Gasteiger partial charge in [0.1, 0.15) is 5.82 Å². The molecule has 1 unspecified atom stereocenters. The molecule has 2 heterocycles. The molecule has 1 fully saturated rings. The number of nitrogens with zero attached hydrogens (tertiary/aromatic N) is 5. The van der Waals surface area contributed by atoms with Crippen LogP contribution >= 0.6 is 35.0 Å². The fourth-order valence-electron chi connectivity index (χ4n) is 4.97. The van der Waals surface area contributed by atoms with Gasteiger partial charge in [-0.3, -0.25) is 14.2 Å². The predicted octanol–water partition coefficient (Wildman–Crippen LogP) is 6.41. The average Bonchev–Trinajstić information content (AvgIpc) is 3.37. The third-order valence-electron chi connectivity index (χ3n) is 7.09. The van der Waals surface area contributed by atoms with Gasteiger partial charge in [-0.1, -0.05) is 83.5 Å². The van der Waals surface area contributed by atoms with E-state index < -0.39 is 0 Å². The first-order valence-electron chi connectivity index (χ1n) is 13.6. The van der Waals surface area contributed by atoms with Gasteiger partial charge in [-0.25, -0.2) is 0 Å². The zero-order valence-corrected chi connectivity index (χ0v) is 25.1. The third kappa shape index (κ3) is 7.12. The molecule has 0 spiro atoms. The second-order valence-corrected chi connectivity index (χ2v) is 11.9. The number of aromatic nitrogens is 3. The summed E-state index contributed by atoms with van der Waals surface area (Å²) in [5.74, 6) is 1.58. The minimum absolute atomic E-state index is 0.100. The van der Waals surface area contributed by atoms with Crippen LogP contribution in [0.1, 0.15) is 41.5 Å². The Labute approximate surface area is 254 Å². The number of piperazine rings is 1. The molecular formula is C31H31Cl2N5O2S. The lowest BCUT2D eigenvalue weighted by atomic mass is 10.1. The zero-order valence-electron chi connectivity index (χ0n) is 22.7. The molecule has 0 N–H and O–H groups in total. The highest BCUT2D eigenvalue weighted by atomic mass is 35.5. The summed E-state index contributed by atoms with van der Waals surface area (Å²) in [5, 5.41) is 10.6. The average molecular weight is 609 g/mol. The number of carbonyl (C=O) groups is 2. The molecule has 212 valence electrons. The van der Waals surface area contributed by atoms with Crippen molar-refractivity contribution in [3.8, 4) is 5.69 Å². The smallest absolute Gasteiger partial charge is 0.255 e. The standard InChI is InChI=1S/C31H31Cl2N5O2S/c1-22-21-36(16-17-37(22)30(40)26-15-14-24(32)20-27(26)33)29(39)13-8-18-41-31-35-34-28(19-23-9-4-2-5-10-23)38(31)25-11-6-3-7-12-25/h2-7,9-12,14-15,20,22H,8,13,16-19,21H2,1H3. The molecule has 4 aromatic rings. The normalized spacial score (nSPS) is 15.2. The molecule has 3 aromatic carbocycles. The Morgan fingerprint density at radius 3 is 2.39 bits per heavy atom. The highest BCUT2D eigenvalue weighted by molar-refractivity contribution is 7.99. The van der Waals surface area contributed by atoms with Gasteiger partial charge < -0.3 is 9.80 Å². The maximum atomic E-state index is 13.1. The van der Waals surface area contributed by atoms with Gasteiger partial charge in [-0.05, 0) is 49.2 Å². The lowest BCUT2D eigenvalue weighted by molar-refractivity contribution is -0.133. The van der Waals surface area contributed by atoms with Crippen molar-refractivity contribution in [2.24, 2.45) is 0 Å². The molecule has 0 aliphatic carbocycles. The number of carbonyl (C=O) groups excluding carboxylic acids is 2. The summed E-state index contributed by atoms with van der Waals surface area (Å²) in [6.45, 7) is 3.41. The van der Waals surface area contributed by atoms with Gasteiger partial charge in [0.05, 0.1) is 10.6 Å².